The van der Waals surface area contributed by atoms with Crippen LogP contribution in [0.25, 0.3) is 0 Å². The number of carboxylic acid groups (broad SMARTS) is 1. The van der Waals surface area contributed by atoms with Crippen molar-refractivity contribution in [3.63, 3.8) is 0 Å². The summed E-state index contributed by atoms with van der Waals surface area (Å²) in [6.45, 7) is 1.67. The lowest BCUT2D eigenvalue weighted by molar-refractivity contribution is -0.137. The van der Waals surface area contributed by atoms with Gasteiger partial charge >= 0.3 is 5.97 Å². The molecule has 0 atom stereocenters. The van der Waals surface area contributed by atoms with E-state index in [1.165, 1.54) is 0 Å². The Kier molecular flexibility index (Phi) is 7.99. The van der Waals surface area contributed by atoms with Crippen molar-refractivity contribution in [3.8, 4) is 0 Å². The van der Waals surface area contributed by atoms with Crippen LogP contribution in [0.3, 0.4) is 0 Å². The number of carboxylic acids is 1. The molecule has 82 valence electrons. The SMILES string of the molecule is CC(O)=CCCCCCCCC(=O)O. The molecule has 0 aliphatic rings. The summed E-state index contributed by atoms with van der Waals surface area (Å²) in [6.07, 6.45) is 8.08. The minimum atomic E-state index is -0.705. The number of aliphatic carboxylic acids is 1. The van der Waals surface area contributed by atoms with Gasteiger partial charge in [0.15, 0.2) is 0 Å². The van der Waals surface area contributed by atoms with E-state index in [0.717, 1.165) is 38.5 Å². The zero-order chi connectivity index (χ0) is 10.8. The Hall–Kier alpha value is -0.990. The molecule has 0 aromatic heterocycles. The van der Waals surface area contributed by atoms with Crippen molar-refractivity contribution in [2.75, 3.05) is 0 Å². The van der Waals surface area contributed by atoms with Crippen LogP contribution in [0.5, 0.6) is 0 Å². The molecule has 0 amide bonds. The molecular weight excluding hydrogens is 180 g/mol. The third kappa shape index (κ3) is 11.0. The zero-order valence-electron chi connectivity index (χ0n) is 8.83. The van der Waals surface area contributed by atoms with E-state index >= 15 is 0 Å². The quantitative estimate of drug-likeness (QED) is 0.467. The van der Waals surface area contributed by atoms with Gasteiger partial charge in [0.2, 0.25) is 0 Å². The van der Waals surface area contributed by atoms with Crippen LogP contribution in [-0.2, 0) is 4.79 Å². The molecule has 0 aliphatic carbocycles. The first kappa shape index (κ1) is 13.0. The van der Waals surface area contributed by atoms with Crippen molar-refractivity contribution < 1.29 is 15.0 Å². The topological polar surface area (TPSA) is 57.5 Å². The Morgan fingerprint density at radius 1 is 1.07 bits per heavy atom. The average Bonchev–Trinajstić information content (AvgIpc) is 2.08. The lowest BCUT2D eigenvalue weighted by atomic mass is 10.1. The summed E-state index contributed by atoms with van der Waals surface area (Å²) >= 11 is 0. The van der Waals surface area contributed by atoms with Crippen LogP contribution in [0, 0.1) is 0 Å². The molecule has 14 heavy (non-hydrogen) atoms. The van der Waals surface area contributed by atoms with E-state index in [1.807, 2.05) is 6.08 Å². The first-order valence-corrected chi connectivity index (χ1v) is 5.20. The number of unbranched alkanes of at least 4 members (excludes halogenated alkanes) is 5. The fraction of sp³-hybridized carbons (Fsp3) is 0.727. The third-order valence-electron chi connectivity index (χ3n) is 2.03. The minimum Gasteiger partial charge on any atom is -0.513 e. The van der Waals surface area contributed by atoms with Crippen LogP contribution in [0.4, 0.5) is 0 Å². The molecule has 0 bridgehead atoms. The van der Waals surface area contributed by atoms with Gasteiger partial charge in [0.05, 0.1) is 5.76 Å². The van der Waals surface area contributed by atoms with Crippen molar-refractivity contribution >= 4 is 5.97 Å². The molecular formula is C11H20O3. The molecule has 0 aromatic rings. The van der Waals surface area contributed by atoms with Crippen molar-refractivity contribution in [2.24, 2.45) is 0 Å². The first-order valence-electron chi connectivity index (χ1n) is 5.20. The number of rotatable bonds is 8. The van der Waals surface area contributed by atoms with E-state index in [4.69, 9.17) is 10.2 Å². The summed E-state index contributed by atoms with van der Waals surface area (Å²) in [5.41, 5.74) is 0. The average molecular weight is 200 g/mol. The van der Waals surface area contributed by atoms with Gasteiger partial charge in [-0.2, -0.15) is 0 Å². The maximum absolute atomic E-state index is 10.2. The predicted molar refractivity (Wildman–Crippen MR) is 56.3 cm³/mol. The van der Waals surface area contributed by atoms with Gasteiger partial charge in [-0.05, 0) is 32.3 Å². The molecule has 0 unspecified atom stereocenters. The Morgan fingerprint density at radius 2 is 1.64 bits per heavy atom. The van der Waals surface area contributed by atoms with Gasteiger partial charge in [-0.15, -0.1) is 0 Å². The fourth-order valence-electron chi connectivity index (χ4n) is 1.26. The summed E-state index contributed by atoms with van der Waals surface area (Å²) in [4.78, 5) is 10.2. The zero-order valence-corrected chi connectivity index (χ0v) is 8.83. The Bertz CT molecular complexity index is 181. The van der Waals surface area contributed by atoms with Crippen molar-refractivity contribution in [2.45, 2.75) is 51.9 Å². The van der Waals surface area contributed by atoms with Crippen LogP contribution in [0.1, 0.15) is 51.9 Å². The van der Waals surface area contributed by atoms with Crippen LogP contribution in [0.2, 0.25) is 0 Å². The maximum Gasteiger partial charge on any atom is 0.303 e. The summed E-state index contributed by atoms with van der Waals surface area (Å²) in [5, 5.41) is 17.2. The van der Waals surface area contributed by atoms with E-state index in [9.17, 15) is 4.79 Å². The van der Waals surface area contributed by atoms with E-state index in [2.05, 4.69) is 0 Å². The van der Waals surface area contributed by atoms with Gasteiger partial charge < -0.3 is 10.2 Å². The highest BCUT2D eigenvalue weighted by Gasteiger charge is 1.95. The second-order valence-corrected chi connectivity index (χ2v) is 3.55. The van der Waals surface area contributed by atoms with Crippen molar-refractivity contribution in [1.29, 1.82) is 0 Å². The molecule has 0 aromatic carbocycles. The monoisotopic (exact) mass is 200 g/mol. The molecule has 3 heteroatoms. The Labute approximate surface area is 85.4 Å². The number of aliphatic hydroxyl groups is 1. The van der Waals surface area contributed by atoms with Gasteiger partial charge in [0, 0.05) is 6.42 Å². The first-order chi connectivity index (χ1) is 6.63. The number of hydrogen-bond acceptors (Lipinski definition) is 2. The summed E-state index contributed by atoms with van der Waals surface area (Å²) in [7, 11) is 0. The lowest BCUT2D eigenvalue weighted by Crippen LogP contribution is -1.93. The predicted octanol–water partition coefficient (Wildman–Crippen LogP) is 3.26. The number of aliphatic hydroxyl groups excluding tert-OH is 1. The third-order valence-corrected chi connectivity index (χ3v) is 2.03. The second kappa shape index (κ2) is 8.60. The van der Waals surface area contributed by atoms with Gasteiger partial charge in [-0.3, -0.25) is 4.79 Å². The summed E-state index contributed by atoms with van der Waals surface area (Å²) in [5.74, 6) is -0.320. The van der Waals surface area contributed by atoms with E-state index in [1.54, 1.807) is 6.92 Å². The number of hydrogen-bond donors (Lipinski definition) is 2. The van der Waals surface area contributed by atoms with E-state index < -0.39 is 5.97 Å². The highest BCUT2D eigenvalue weighted by molar-refractivity contribution is 5.66. The summed E-state index contributed by atoms with van der Waals surface area (Å²) < 4.78 is 0. The Balaban J connectivity index is 3.07. The summed E-state index contributed by atoms with van der Waals surface area (Å²) in [6, 6.07) is 0. The normalized spacial score (nSPS) is 11.6. The molecule has 0 rings (SSSR count). The molecule has 0 fully saturated rings. The highest BCUT2D eigenvalue weighted by atomic mass is 16.4. The number of carbonyl (C=O) groups is 1. The minimum absolute atomic E-state index is 0.287. The van der Waals surface area contributed by atoms with Crippen molar-refractivity contribution in [3.05, 3.63) is 11.8 Å². The van der Waals surface area contributed by atoms with Crippen molar-refractivity contribution in [1.82, 2.24) is 0 Å². The molecule has 0 radical (unpaired) electrons. The van der Waals surface area contributed by atoms with Crippen LogP contribution >= 0.6 is 0 Å². The molecule has 0 heterocycles. The van der Waals surface area contributed by atoms with Gasteiger partial charge in [-0.1, -0.05) is 19.3 Å². The van der Waals surface area contributed by atoms with Gasteiger partial charge in [-0.25, -0.2) is 0 Å². The maximum atomic E-state index is 10.2. The highest BCUT2D eigenvalue weighted by Crippen LogP contribution is 2.08. The fourth-order valence-corrected chi connectivity index (χ4v) is 1.26. The molecule has 2 N–H and O–H groups in total. The molecule has 0 saturated heterocycles. The van der Waals surface area contributed by atoms with Crippen LogP contribution in [-0.4, -0.2) is 16.2 Å². The molecule has 0 spiro atoms. The molecule has 0 saturated carbocycles. The largest absolute Gasteiger partial charge is 0.513 e. The molecule has 0 aliphatic heterocycles. The van der Waals surface area contributed by atoms with Crippen LogP contribution in [0.15, 0.2) is 11.8 Å². The van der Waals surface area contributed by atoms with E-state index in [0.29, 0.717) is 5.76 Å². The van der Waals surface area contributed by atoms with Crippen LogP contribution < -0.4 is 0 Å². The Morgan fingerprint density at radius 3 is 2.21 bits per heavy atom. The van der Waals surface area contributed by atoms with Gasteiger partial charge in [0.25, 0.3) is 0 Å². The smallest absolute Gasteiger partial charge is 0.303 e. The van der Waals surface area contributed by atoms with E-state index in [-0.39, 0.29) is 6.42 Å². The second-order valence-electron chi connectivity index (χ2n) is 3.55. The standard InChI is InChI=1S/C11H20O3/c1-10(12)8-6-4-2-3-5-7-9-11(13)14/h8,12H,2-7,9H2,1H3,(H,13,14). The number of allylic oxidation sites excluding steroid dienone is 2. The van der Waals surface area contributed by atoms with Gasteiger partial charge in [0.1, 0.15) is 0 Å². The lowest BCUT2D eigenvalue weighted by Gasteiger charge is -1.98. The molecule has 3 nitrogen and oxygen atoms in total.